The van der Waals surface area contributed by atoms with Gasteiger partial charge in [0.15, 0.2) is 5.89 Å². The largest absolute Gasteiger partial charge is 0.446 e. The van der Waals surface area contributed by atoms with E-state index in [9.17, 15) is 0 Å². The minimum Gasteiger partial charge on any atom is -0.446 e. The van der Waals surface area contributed by atoms with Crippen LogP contribution in [0.1, 0.15) is 24.3 Å². The molecule has 3 nitrogen and oxygen atoms in total. The highest BCUT2D eigenvalue weighted by Gasteiger charge is 2.07. The molecule has 0 radical (unpaired) electrons. The molecule has 0 unspecified atom stereocenters. The van der Waals surface area contributed by atoms with Gasteiger partial charge in [0.2, 0.25) is 0 Å². The molecule has 0 fully saturated rings. The molecule has 0 bridgehead atoms. The molecule has 3 heteroatoms. The molecule has 1 aromatic heterocycles. The van der Waals surface area contributed by atoms with Gasteiger partial charge in [0, 0.05) is 13.3 Å². The Morgan fingerprint density at radius 2 is 2.27 bits per heavy atom. The monoisotopic (exact) mass is 155 g/mol. The van der Waals surface area contributed by atoms with E-state index in [4.69, 9.17) is 9.52 Å². The predicted molar refractivity (Wildman–Crippen MR) is 41.4 cm³/mol. The van der Waals surface area contributed by atoms with Crippen molar-refractivity contribution in [2.24, 2.45) is 0 Å². The molecule has 62 valence electrons. The molecule has 0 spiro atoms. The van der Waals surface area contributed by atoms with Gasteiger partial charge in [-0.25, -0.2) is 4.98 Å². The van der Waals surface area contributed by atoms with Gasteiger partial charge in [0.1, 0.15) is 5.76 Å². The molecule has 0 aliphatic heterocycles. The number of rotatable bonds is 3. The Morgan fingerprint density at radius 3 is 2.82 bits per heavy atom. The van der Waals surface area contributed by atoms with E-state index in [2.05, 4.69) is 4.98 Å². The van der Waals surface area contributed by atoms with Crippen LogP contribution in [0.5, 0.6) is 0 Å². The molecule has 0 aliphatic rings. The van der Waals surface area contributed by atoms with Crippen molar-refractivity contribution in [3.63, 3.8) is 0 Å². The zero-order valence-electron chi connectivity index (χ0n) is 6.92. The fourth-order valence-corrected chi connectivity index (χ4v) is 1.09. The topological polar surface area (TPSA) is 46.3 Å². The minimum absolute atomic E-state index is 0.127. The fourth-order valence-electron chi connectivity index (χ4n) is 1.09. The van der Waals surface area contributed by atoms with E-state index in [1.807, 2.05) is 13.8 Å². The summed E-state index contributed by atoms with van der Waals surface area (Å²) in [6.45, 7) is 3.97. The molecule has 0 saturated carbocycles. The second-order valence-corrected chi connectivity index (χ2v) is 2.43. The third kappa shape index (κ3) is 1.80. The molecular formula is C8H13NO2. The van der Waals surface area contributed by atoms with Crippen molar-refractivity contribution in [2.75, 3.05) is 6.61 Å². The number of aryl methyl sites for hydroxylation is 2. The summed E-state index contributed by atoms with van der Waals surface area (Å²) in [6, 6.07) is 0. The molecule has 0 aromatic carbocycles. The van der Waals surface area contributed by atoms with E-state index in [-0.39, 0.29) is 6.61 Å². The van der Waals surface area contributed by atoms with Crippen LogP contribution < -0.4 is 0 Å². The van der Waals surface area contributed by atoms with Gasteiger partial charge in [-0.15, -0.1) is 0 Å². The van der Waals surface area contributed by atoms with Gasteiger partial charge in [-0.1, -0.05) is 6.92 Å². The third-order valence-corrected chi connectivity index (χ3v) is 1.56. The maximum atomic E-state index is 8.66. The summed E-state index contributed by atoms with van der Waals surface area (Å²) in [5.41, 5.74) is 0.969. The lowest BCUT2D eigenvalue weighted by Gasteiger charge is -1.92. The predicted octanol–water partition coefficient (Wildman–Crippen LogP) is 1.08. The molecule has 0 saturated heterocycles. The number of oxazole rings is 1. The van der Waals surface area contributed by atoms with Crippen LogP contribution in [-0.2, 0) is 12.8 Å². The number of aliphatic hydroxyl groups is 1. The minimum atomic E-state index is 0.127. The van der Waals surface area contributed by atoms with E-state index in [0.29, 0.717) is 12.3 Å². The van der Waals surface area contributed by atoms with Crippen LogP contribution in [0.4, 0.5) is 0 Å². The van der Waals surface area contributed by atoms with Crippen molar-refractivity contribution in [1.29, 1.82) is 0 Å². The van der Waals surface area contributed by atoms with Crippen molar-refractivity contribution >= 4 is 0 Å². The Balaban J connectivity index is 2.83. The zero-order valence-corrected chi connectivity index (χ0v) is 6.92. The van der Waals surface area contributed by atoms with Gasteiger partial charge in [-0.05, 0) is 6.42 Å². The van der Waals surface area contributed by atoms with Gasteiger partial charge in [0.25, 0.3) is 0 Å². The van der Waals surface area contributed by atoms with E-state index in [1.165, 1.54) is 0 Å². The van der Waals surface area contributed by atoms with Crippen molar-refractivity contribution < 1.29 is 9.52 Å². The number of aliphatic hydroxyl groups excluding tert-OH is 1. The second kappa shape index (κ2) is 3.53. The van der Waals surface area contributed by atoms with Crippen LogP contribution >= 0.6 is 0 Å². The first-order valence-electron chi connectivity index (χ1n) is 3.84. The molecular weight excluding hydrogens is 142 g/mol. The number of nitrogens with zero attached hydrogens (tertiary/aromatic N) is 1. The van der Waals surface area contributed by atoms with Gasteiger partial charge in [0.05, 0.1) is 12.3 Å². The van der Waals surface area contributed by atoms with Crippen molar-refractivity contribution in [2.45, 2.75) is 26.7 Å². The zero-order chi connectivity index (χ0) is 8.27. The SMILES string of the molecule is CCc1nc(C)oc1CCO. The Morgan fingerprint density at radius 1 is 1.55 bits per heavy atom. The Hall–Kier alpha value is -0.830. The molecule has 1 N–H and O–H groups in total. The molecule has 0 aliphatic carbocycles. The molecule has 0 amide bonds. The molecule has 1 aromatic rings. The highest BCUT2D eigenvalue weighted by molar-refractivity contribution is 5.09. The summed E-state index contributed by atoms with van der Waals surface area (Å²) in [5, 5.41) is 8.66. The lowest BCUT2D eigenvalue weighted by molar-refractivity contribution is 0.286. The number of hydrogen-bond acceptors (Lipinski definition) is 3. The highest BCUT2D eigenvalue weighted by Crippen LogP contribution is 2.11. The molecule has 1 heterocycles. The fraction of sp³-hybridized carbons (Fsp3) is 0.625. The molecule has 0 atom stereocenters. The van der Waals surface area contributed by atoms with Crippen LogP contribution in [0.2, 0.25) is 0 Å². The summed E-state index contributed by atoms with van der Waals surface area (Å²) in [4.78, 5) is 4.17. The Labute approximate surface area is 66.1 Å². The van der Waals surface area contributed by atoms with Crippen LogP contribution in [-0.4, -0.2) is 16.7 Å². The highest BCUT2D eigenvalue weighted by atomic mass is 16.4. The standard InChI is InChI=1S/C8H13NO2/c1-3-7-8(4-5-10)11-6(2)9-7/h10H,3-5H2,1-2H3. The van der Waals surface area contributed by atoms with E-state index in [0.717, 1.165) is 17.9 Å². The average molecular weight is 155 g/mol. The summed E-state index contributed by atoms with van der Waals surface area (Å²) in [7, 11) is 0. The first-order chi connectivity index (χ1) is 5.27. The molecule has 1 rings (SSSR count). The van der Waals surface area contributed by atoms with Crippen molar-refractivity contribution in [1.82, 2.24) is 4.98 Å². The lowest BCUT2D eigenvalue weighted by atomic mass is 10.2. The summed E-state index contributed by atoms with van der Waals surface area (Å²) >= 11 is 0. The lowest BCUT2D eigenvalue weighted by Crippen LogP contribution is -1.93. The summed E-state index contributed by atoms with van der Waals surface area (Å²) in [5.74, 6) is 1.51. The van der Waals surface area contributed by atoms with Crippen LogP contribution in [0, 0.1) is 6.92 Å². The van der Waals surface area contributed by atoms with E-state index < -0.39 is 0 Å². The average Bonchev–Trinajstić information content (AvgIpc) is 2.32. The Bertz CT molecular complexity index is 230. The number of aromatic nitrogens is 1. The van der Waals surface area contributed by atoms with Gasteiger partial charge in [-0.3, -0.25) is 0 Å². The third-order valence-electron chi connectivity index (χ3n) is 1.56. The van der Waals surface area contributed by atoms with Gasteiger partial charge in [-0.2, -0.15) is 0 Å². The van der Waals surface area contributed by atoms with Crippen LogP contribution in [0.25, 0.3) is 0 Å². The normalized spacial score (nSPS) is 10.5. The van der Waals surface area contributed by atoms with Gasteiger partial charge >= 0.3 is 0 Å². The van der Waals surface area contributed by atoms with Crippen LogP contribution in [0.15, 0.2) is 4.42 Å². The number of hydrogen-bond donors (Lipinski definition) is 1. The smallest absolute Gasteiger partial charge is 0.191 e. The maximum absolute atomic E-state index is 8.66. The van der Waals surface area contributed by atoms with Gasteiger partial charge < -0.3 is 9.52 Å². The first-order valence-corrected chi connectivity index (χ1v) is 3.84. The maximum Gasteiger partial charge on any atom is 0.191 e. The van der Waals surface area contributed by atoms with E-state index in [1.54, 1.807) is 0 Å². The Kier molecular flexibility index (Phi) is 2.65. The van der Waals surface area contributed by atoms with Crippen molar-refractivity contribution in [3.8, 4) is 0 Å². The van der Waals surface area contributed by atoms with Crippen LogP contribution in [0.3, 0.4) is 0 Å². The quantitative estimate of drug-likeness (QED) is 0.710. The molecule has 11 heavy (non-hydrogen) atoms. The van der Waals surface area contributed by atoms with E-state index >= 15 is 0 Å². The second-order valence-electron chi connectivity index (χ2n) is 2.43. The summed E-state index contributed by atoms with van der Waals surface area (Å²) in [6.07, 6.45) is 1.44. The van der Waals surface area contributed by atoms with Crippen molar-refractivity contribution in [3.05, 3.63) is 17.3 Å². The summed E-state index contributed by atoms with van der Waals surface area (Å²) < 4.78 is 5.27. The first kappa shape index (κ1) is 8.27.